The molecule has 0 amide bonds. The molecule has 0 N–H and O–H groups in total. The van der Waals surface area contributed by atoms with Crippen molar-refractivity contribution < 1.29 is 13.2 Å². The minimum Gasteiger partial charge on any atom is -0.309 e. The van der Waals surface area contributed by atoms with Crippen LogP contribution in [0.25, 0.3) is 123 Å². The smallest absolute Gasteiger partial charge is 0.309 e. The van der Waals surface area contributed by atoms with Crippen LogP contribution < -0.4 is 0 Å². The van der Waals surface area contributed by atoms with E-state index >= 15 is 13.2 Å². The predicted octanol–water partition coefficient (Wildman–Crippen LogP) is 16.8. The molecular weight excluding hydrogens is 948 g/mol. The molecule has 0 spiro atoms. The van der Waals surface area contributed by atoms with Crippen LogP contribution >= 0.6 is 0 Å². The maximum atomic E-state index is 15.4. The first kappa shape index (κ1) is 45.4. The molecule has 3 heterocycles. The zero-order chi connectivity index (χ0) is 51.5. The lowest BCUT2D eigenvalue weighted by Crippen LogP contribution is -2.08. The minimum atomic E-state index is -4.70. The summed E-state index contributed by atoms with van der Waals surface area (Å²) in [6.45, 7) is 0. The molecule has 0 fully saturated rings. The Morgan fingerprint density at radius 1 is 0.342 bits per heavy atom. The highest BCUT2D eigenvalue weighted by atomic mass is 19.4. The summed E-state index contributed by atoms with van der Waals surface area (Å²) >= 11 is 0. The third-order valence-electron chi connectivity index (χ3n) is 14.1. The summed E-state index contributed by atoms with van der Waals surface area (Å²) in [7, 11) is 0. The van der Waals surface area contributed by atoms with Crippen molar-refractivity contribution >= 4 is 43.6 Å². The van der Waals surface area contributed by atoms with Crippen molar-refractivity contribution in [1.29, 1.82) is 10.5 Å². The highest BCUT2D eigenvalue weighted by molar-refractivity contribution is 6.12. The van der Waals surface area contributed by atoms with E-state index < -0.39 is 11.7 Å². The Morgan fingerprint density at radius 3 is 1.37 bits per heavy atom. The minimum absolute atomic E-state index is 0.274. The second kappa shape index (κ2) is 18.3. The van der Waals surface area contributed by atoms with Crippen LogP contribution in [0.4, 0.5) is 13.2 Å². The first-order chi connectivity index (χ1) is 37.2. The molecule has 0 saturated heterocycles. The van der Waals surface area contributed by atoms with Gasteiger partial charge < -0.3 is 9.13 Å². The molecule has 0 saturated carbocycles. The van der Waals surface area contributed by atoms with Gasteiger partial charge in [0.1, 0.15) is 0 Å². The number of nitriles is 2. The predicted molar refractivity (Wildman–Crippen MR) is 296 cm³/mol. The van der Waals surface area contributed by atoms with Gasteiger partial charge in [0.05, 0.1) is 56.6 Å². The average Bonchev–Trinajstić information content (AvgIpc) is 4.12. The highest BCUT2D eigenvalue weighted by Crippen LogP contribution is 2.45. The molecule has 10 heteroatoms. The molecule has 10 aromatic carbocycles. The Bertz CT molecular complexity index is 4480. The van der Waals surface area contributed by atoms with Crippen molar-refractivity contribution in [3.63, 3.8) is 0 Å². The fraction of sp³-hybridized carbons (Fsp3) is 0.0152. The zero-order valence-electron chi connectivity index (χ0n) is 40.2. The van der Waals surface area contributed by atoms with Crippen LogP contribution in [0.2, 0.25) is 0 Å². The van der Waals surface area contributed by atoms with E-state index in [1.807, 2.05) is 180 Å². The number of benzene rings is 10. The van der Waals surface area contributed by atoms with Crippen molar-refractivity contribution in [2.45, 2.75) is 6.18 Å². The summed E-state index contributed by atoms with van der Waals surface area (Å²) < 4.78 is 50.4. The molecule has 3 aromatic heterocycles. The van der Waals surface area contributed by atoms with Crippen molar-refractivity contribution in [2.75, 3.05) is 0 Å². The molecule has 7 nitrogen and oxygen atoms in total. The van der Waals surface area contributed by atoms with E-state index in [4.69, 9.17) is 15.0 Å². The maximum Gasteiger partial charge on any atom is 0.416 e. The summed E-state index contributed by atoms with van der Waals surface area (Å²) in [6.07, 6.45) is -4.70. The third kappa shape index (κ3) is 7.90. The monoisotopic (exact) mass is 985 g/mol. The van der Waals surface area contributed by atoms with E-state index in [0.29, 0.717) is 50.8 Å². The lowest BCUT2D eigenvalue weighted by Gasteiger charge is -2.20. The number of nitrogens with zero attached hydrogens (tertiary/aromatic N) is 7. The van der Waals surface area contributed by atoms with E-state index in [1.165, 1.54) is 6.07 Å². The Morgan fingerprint density at radius 2 is 0.816 bits per heavy atom. The fourth-order valence-corrected chi connectivity index (χ4v) is 10.5. The normalized spacial score (nSPS) is 11.6. The van der Waals surface area contributed by atoms with Gasteiger partial charge in [0.2, 0.25) is 0 Å². The molecule has 13 rings (SSSR count). The lowest BCUT2D eigenvalue weighted by atomic mass is 9.94. The molecule has 358 valence electrons. The number of alkyl halides is 3. The number of rotatable bonds is 8. The van der Waals surface area contributed by atoms with E-state index in [-0.39, 0.29) is 5.82 Å². The zero-order valence-corrected chi connectivity index (χ0v) is 40.2. The van der Waals surface area contributed by atoms with Gasteiger partial charge in [0.25, 0.3) is 0 Å². The van der Waals surface area contributed by atoms with Gasteiger partial charge in [-0.2, -0.15) is 23.7 Å². The number of hydrogen-bond donors (Lipinski definition) is 0. The molecule has 76 heavy (non-hydrogen) atoms. The number of hydrogen-bond acceptors (Lipinski definition) is 5. The van der Waals surface area contributed by atoms with Gasteiger partial charge in [-0.1, -0.05) is 133 Å². The van der Waals surface area contributed by atoms with Crippen molar-refractivity contribution in [2.24, 2.45) is 0 Å². The quantitative estimate of drug-likeness (QED) is 0.151. The van der Waals surface area contributed by atoms with Crippen LogP contribution in [0.3, 0.4) is 0 Å². The molecule has 0 atom stereocenters. The number of aromatic nitrogens is 5. The van der Waals surface area contributed by atoms with Gasteiger partial charge in [-0.25, -0.2) is 15.0 Å². The number of fused-ring (bicyclic) bond motifs is 6. The molecule has 13 aromatic rings. The summed E-state index contributed by atoms with van der Waals surface area (Å²) in [6, 6.07) is 76.6. The Kier molecular flexibility index (Phi) is 10.9. The lowest BCUT2D eigenvalue weighted by molar-refractivity contribution is -0.137. The van der Waals surface area contributed by atoms with Crippen molar-refractivity contribution in [1.82, 2.24) is 24.1 Å². The van der Waals surface area contributed by atoms with Gasteiger partial charge in [0.15, 0.2) is 17.5 Å². The van der Waals surface area contributed by atoms with Crippen molar-refractivity contribution in [3.05, 3.63) is 247 Å². The van der Waals surface area contributed by atoms with Gasteiger partial charge in [-0.3, -0.25) is 0 Å². The first-order valence-electron chi connectivity index (χ1n) is 24.5. The largest absolute Gasteiger partial charge is 0.416 e. The van der Waals surface area contributed by atoms with E-state index in [1.54, 1.807) is 18.2 Å². The molecule has 0 aliphatic carbocycles. The first-order valence-corrected chi connectivity index (χ1v) is 24.5. The fourth-order valence-electron chi connectivity index (χ4n) is 10.5. The highest BCUT2D eigenvalue weighted by Gasteiger charge is 2.33. The van der Waals surface area contributed by atoms with Crippen LogP contribution in [-0.2, 0) is 6.18 Å². The van der Waals surface area contributed by atoms with Gasteiger partial charge >= 0.3 is 6.18 Å². The standard InChI is InChI=1S/C66H38F3N7/c67-66(68,69)49-27-32-62(76-59-24-10-8-22-52(59)56-36-48(26-31-61(56)76)46-20-12-14-42(34-46)40-71)57(37-49)54-38-50(28-29-53(54)65-73-63(43-15-3-1-4-16-43)72-64(74-65)44-17-5-2-6-18-44)75-58-23-9-7-21-51(58)55-35-47(25-30-60(55)75)45-19-11-13-41(33-45)39-70/h1-38H. The van der Waals surface area contributed by atoms with E-state index in [2.05, 4.69) is 41.0 Å². The molecular formula is C66H38F3N7. The summed E-state index contributed by atoms with van der Waals surface area (Å²) in [5, 5.41) is 23.2. The third-order valence-corrected chi connectivity index (χ3v) is 14.1. The van der Waals surface area contributed by atoms with Crippen LogP contribution in [0.1, 0.15) is 16.7 Å². The van der Waals surface area contributed by atoms with Crippen LogP contribution in [-0.4, -0.2) is 24.1 Å². The van der Waals surface area contributed by atoms with Crippen LogP contribution in [0, 0.1) is 22.7 Å². The van der Waals surface area contributed by atoms with Gasteiger partial charge in [0, 0.05) is 49.5 Å². The molecule has 0 unspecified atom stereocenters. The number of para-hydroxylation sites is 2. The SMILES string of the molecule is N#Cc1cccc(-c2ccc3c(c2)c2ccccc2n3-c2ccc(-c3nc(-c4ccccc4)nc(-c4ccccc4)n3)c(-c3cc(C(F)(F)F)ccc3-n3c4ccccc4c4cc(-c5cccc(C#N)c5)ccc43)c2)c1. The topological polar surface area (TPSA) is 96.1 Å². The Labute approximate surface area is 433 Å². The second-order valence-corrected chi connectivity index (χ2v) is 18.6. The average molecular weight is 986 g/mol. The Balaban J connectivity index is 1.11. The summed E-state index contributed by atoms with van der Waals surface area (Å²) in [5.41, 5.74) is 11.1. The van der Waals surface area contributed by atoms with Crippen molar-refractivity contribution in [3.8, 4) is 91.1 Å². The van der Waals surface area contributed by atoms with E-state index in [9.17, 15) is 10.5 Å². The maximum absolute atomic E-state index is 15.4. The van der Waals surface area contributed by atoms with Gasteiger partial charge in [-0.15, -0.1) is 0 Å². The molecule has 0 aliphatic heterocycles. The number of halogens is 3. The van der Waals surface area contributed by atoms with Crippen LogP contribution in [0.5, 0.6) is 0 Å². The summed E-state index contributed by atoms with van der Waals surface area (Å²) in [5.74, 6) is 1.08. The van der Waals surface area contributed by atoms with Crippen LogP contribution in [0.15, 0.2) is 231 Å². The molecule has 0 aliphatic rings. The van der Waals surface area contributed by atoms with Gasteiger partial charge in [-0.05, 0) is 125 Å². The van der Waals surface area contributed by atoms with E-state index in [0.717, 1.165) is 83.1 Å². The summed E-state index contributed by atoms with van der Waals surface area (Å²) in [4.78, 5) is 15.3. The molecule has 0 radical (unpaired) electrons. The second-order valence-electron chi connectivity index (χ2n) is 18.6. The molecule has 0 bridgehead atoms. The Hall–Kier alpha value is -10.4.